The summed E-state index contributed by atoms with van der Waals surface area (Å²) in [7, 11) is 2.96. The van der Waals surface area contributed by atoms with Crippen molar-refractivity contribution in [1.29, 1.82) is 0 Å². The van der Waals surface area contributed by atoms with Gasteiger partial charge in [-0.2, -0.15) is 8.78 Å². The number of carbonyl (C=O) groups is 1. The molecule has 0 radical (unpaired) electrons. The van der Waals surface area contributed by atoms with Crippen LogP contribution in [0.2, 0.25) is 0 Å². The van der Waals surface area contributed by atoms with Crippen molar-refractivity contribution in [2.24, 2.45) is 0 Å². The van der Waals surface area contributed by atoms with Crippen molar-refractivity contribution in [3.63, 3.8) is 0 Å². The SMILES string of the molecule is COc1cccc(CC(=O)NCCc2ccc(OC(F)F)c(OC)c2)c1. The monoisotopic (exact) mass is 365 g/mol. The summed E-state index contributed by atoms with van der Waals surface area (Å²) < 4.78 is 39.2. The zero-order valence-electron chi connectivity index (χ0n) is 14.6. The van der Waals surface area contributed by atoms with Crippen LogP contribution < -0.4 is 19.5 Å². The van der Waals surface area contributed by atoms with Gasteiger partial charge in [-0.25, -0.2) is 0 Å². The number of benzene rings is 2. The Morgan fingerprint density at radius 2 is 1.85 bits per heavy atom. The fourth-order valence-corrected chi connectivity index (χ4v) is 2.44. The highest BCUT2D eigenvalue weighted by Crippen LogP contribution is 2.29. The molecule has 0 heterocycles. The molecule has 0 saturated carbocycles. The zero-order valence-corrected chi connectivity index (χ0v) is 14.6. The summed E-state index contributed by atoms with van der Waals surface area (Å²) in [5.41, 5.74) is 1.70. The van der Waals surface area contributed by atoms with E-state index in [1.54, 1.807) is 19.2 Å². The number of ether oxygens (including phenoxy) is 3. The van der Waals surface area contributed by atoms with Crippen molar-refractivity contribution in [3.8, 4) is 17.2 Å². The first-order chi connectivity index (χ1) is 12.5. The fourth-order valence-electron chi connectivity index (χ4n) is 2.44. The number of halogens is 2. The topological polar surface area (TPSA) is 56.8 Å². The molecule has 26 heavy (non-hydrogen) atoms. The van der Waals surface area contributed by atoms with Crippen LogP contribution in [0.5, 0.6) is 17.2 Å². The van der Waals surface area contributed by atoms with E-state index in [1.807, 2.05) is 24.3 Å². The van der Waals surface area contributed by atoms with E-state index in [4.69, 9.17) is 9.47 Å². The number of hydrogen-bond donors (Lipinski definition) is 1. The molecule has 5 nitrogen and oxygen atoms in total. The third kappa shape index (κ3) is 5.91. The molecular weight excluding hydrogens is 344 g/mol. The van der Waals surface area contributed by atoms with Crippen molar-refractivity contribution in [2.45, 2.75) is 19.5 Å². The largest absolute Gasteiger partial charge is 0.497 e. The van der Waals surface area contributed by atoms with E-state index in [2.05, 4.69) is 10.1 Å². The number of hydrogen-bond acceptors (Lipinski definition) is 4. The normalized spacial score (nSPS) is 10.5. The summed E-state index contributed by atoms with van der Waals surface area (Å²) in [6.45, 7) is -2.49. The molecule has 0 spiro atoms. The molecule has 140 valence electrons. The van der Waals surface area contributed by atoms with E-state index >= 15 is 0 Å². The van der Waals surface area contributed by atoms with E-state index in [1.165, 1.54) is 13.2 Å². The molecule has 2 aromatic carbocycles. The first-order valence-electron chi connectivity index (χ1n) is 8.03. The Bertz CT molecular complexity index is 737. The lowest BCUT2D eigenvalue weighted by Crippen LogP contribution is -2.27. The Hall–Kier alpha value is -2.83. The van der Waals surface area contributed by atoms with E-state index < -0.39 is 6.61 Å². The summed E-state index contributed by atoms with van der Waals surface area (Å²) in [5.74, 6) is 0.801. The van der Waals surface area contributed by atoms with Gasteiger partial charge in [0, 0.05) is 6.54 Å². The minimum atomic E-state index is -2.91. The Morgan fingerprint density at radius 1 is 1.04 bits per heavy atom. The van der Waals surface area contributed by atoms with Crippen LogP contribution in [-0.2, 0) is 17.6 Å². The minimum Gasteiger partial charge on any atom is -0.497 e. The molecule has 0 atom stereocenters. The highest BCUT2D eigenvalue weighted by molar-refractivity contribution is 5.78. The summed E-state index contributed by atoms with van der Waals surface area (Å²) in [4.78, 5) is 12.0. The smallest absolute Gasteiger partial charge is 0.387 e. The van der Waals surface area contributed by atoms with Crippen molar-refractivity contribution < 1.29 is 27.8 Å². The number of methoxy groups -OCH3 is 2. The van der Waals surface area contributed by atoms with Crippen LogP contribution in [0.1, 0.15) is 11.1 Å². The Balaban J connectivity index is 1.85. The maximum atomic E-state index is 12.3. The minimum absolute atomic E-state index is 0.0201. The quantitative estimate of drug-likeness (QED) is 0.741. The van der Waals surface area contributed by atoms with Crippen LogP contribution in [0.3, 0.4) is 0 Å². The van der Waals surface area contributed by atoms with Gasteiger partial charge in [0.2, 0.25) is 5.91 Å². The standard InChI is InChI=1S/C19H21F2NO4/c1-24-15-5-3-4-14(10-15)12-18(23)22-9-8-13-6-7-16(26-19(20)21)17(11-13)25-2/h3-7,10-11,19H,8-9,12H2,1-2H3,(H,22,23). The third-order valence-corrected chi connectivity index (χ3v) is 3.68. The van der Waals surface area contributed by atoms with Gasteiger partial charge in [0.05, 0.1) is 20.6 Å². The molecule has 7 heteroatoms. The molecule has 0 aliphatic carbocycles. The van der Waals surface area contributed by atoms with Gasteiger partial charge in [-0.3, -0.25) is 4.79 Å². The van der Waals surface area contributed by atoms with E-state index in [-0.39, 0.29) is 23.8 Å². The molecule has 0 bridgehead atoms. The predicted molar refractivity (Wildman–Crippen MR) is 93.0 cm³/mol. The lowest BCUT2D eigenvalue weighted by atomic mass is 10.1. The van der Waals surface area contributed by atoms with Crippen molar-refractivity contribution >= 4 is 5.91 Å². The molecule has 1 N–H and O–H groups in total. The lowest BCUT2D eigenvalue weighted by Gasteiger charge is -2.12. The summed E-state index contributed by atoms with van der Waals surface area (Å²) >= 11 is 0. The van der Waals surface area contributed by atoms with E-state index in [9.17, 15) is 13.6 Å². The fraction of sp³-hybridized carbons (Fsp3) is 0.316. The summed E-state index contributed by atoms with van der Waals surface area (Å²) in [6, 6.07) is 12.0. The second-order valence-electron chi connectivity index (χ2n) is 5.49. The Labute approximate surface area is 150 Å². The maximum Gasteiger partial charge on any atom is 0.387 e. The van der Waals surface area contributed by atoms with Crippen LogP contribution >= 0.6 is 0 Å². The molecule has 2 rings (SSSR count). The van der Waals surface area contributed by atoms with Crippen molar-refractivity contribution in [2.75, 3.05) is 20.8 Å². The predicted octanol–water partition coefficient (Wildman–Crippen LogP) is 3.21. The average molecular weight is 365 g/mol. The van der Waals surface area contributed by atoms with Gasteiger partial charge in [0.25, 0.3) is 0 Å². The van der Waals surface area contributed by atoms with Gasteiger partial charge in [0.15, 0.2) is 11.5 Å². The van der Waals surface area contributed by atoms with Crippen LogP contribution in [0.15, 0.2) is 42.5 Å². The molecule has 2 aromatic rings. The van der Waals surface area contributed by atoms with Crippen molar-refractivity contribution in [1.82, 2.24) is 5.32 Å². The number of amides is 1. The molecule has 0 saturated heterocycles. The molecule has 0 unspecified atom stereocenters. The Morgan fingerprint density at radius 3 is 2.54 bits per heavy atom. The molecular formula is C19H21F2NO4. The first kappa shape index (κ1) is 19.5. The summed E-state index contributed by atoms with van der Waals surface area (Å²) in [5, 5.41) is 2.83. The van der Waals surface area contributed by atoms with Crippen LogP contribution in [-0.4, -0.2) is 33.3 Å². The third-order valence-electron chi connectivity index (χ3n) is 3.68. The van der Waals surface area contributed by atoms with Gasteiger partial charge in [-0.1, -0.05) is 18.2 Å². The zero-order chi connectivity index (χ0) is 18.9. The highest BCUT2D eigenvalue weighted by Gasteiger charge is 2.11. The van der Waals surface area contributed by atoms with Crippen LogP contribution in [0, 0.1) is 0 Å². The molecule has 0 aliphatic rings. The van der Waals surface area contributed by atoms with Crippen LogP contribution in [0.4, 0.5) is 8.78 Å². The van der Waals surface area contributed by atoms with Gasteiger partial charge < -0.3 is 19.5 Å². The lowest BCUT2D eigenvalue weighted by molar-refractivity contribution is -0.120. The first-order valence-corrected chi connectivity index (χ1v) is 8.03. The molecule has 0 aliphatic heterocycles. The second kappa shape index (κ2) is 9.60. The van der Waals surface area contributed by atoms with E-state index in [0.29, 0.717) is 18.7 Å². The average Bonchev–Trinajstić information content (AvgIpc) is 2.62. The van der Waals surface area contributed by atoms with Gasteiger partial charge in [0.1, 0.15) is 5.75 Å². The summed E-state index contributed by atoms with van der Waals surface area (Å²) in [6.07, 6.45) is 0.789. The Kier molecular flexibility index (Phi) is 7.20. The number of nitrogens with one attached hydrogen (secondary N) is 1. The van der Waals surface area contributed by atoms with Crippen LogP contribution in [0.25, 0.3) is 0 Å². The van der Waals surface area contributed by atoms with E-state index in [0.717, 1.165) is 11.1 Å². The molecule has 1 amide bonds. The molecule has 0 fully saturated rings. The van der Waals surface area contributed by atoms with Crippen molar-refractivity contribution in [3.05, 3.63) is 53.6 Å². The maximum absolute atomic E-state index is 12.3. The second-order valence-corrected chi connectivity index (χ2v) is 5.49. The highest BCUT2D eigenvalue weighted by atomic mass is 19.3. The van der Waals surface area contributed by atoms with Gasteiger partial charge >= 0.3 is 6.61 Å². The van der Waals surface area contributed by atoms with Gasteiger partial charge in [-0.15, -0.1) is 0 Å². The van der Waals surface area contributed by atoms with Gasteiger partial charge in [-0.05, 0) is 41.8 Å². The molecule has 0 aromatic heterocycles. The number of carbonyl (C=O) groups excluding carboxylic acids is 1. The number of alkyl halides is 2. The number of rotatable bonds is 9.